The molecular weight excluding hydrogens is 306 g/mol. The third-order valence-corrected chi connectivity index (χ3v) is 4.37. The minimum absolute atomic E-state index is 0.0155. The number of hydrogen-bond acceptors (Lipinski definition) is 4. The van der Waals surface area contributed by atoms with E-state index in [1.54, 1.807) is 12.4 Å². The Hall–Kier alpha value is -2.41. The second kappa shape index (κ2) is 6.60. The Morgan fingerprint density at radius 3 is 2.92 bits per heavy atom. The summed E-state index contributed by atoms with van der Waals surface area (Å²) >= 11 is 0. The molecule has 0 spiro atoms. The molecule has 7 heteroatoms. The SMILES string of the molecule is Cc1nccn1-c1ncccc1CNC(=O)NC1COCC1(C)C. The van der Waals surface area contributed by atoms with Gasteiger partial charge in [0.15, 0.2) is 0 Å². The molecule has 24 heavy (non-hydrogen) atoms. The van der Waals surface area contributed by atoms with Crippen LogP contribution in [0.2, 0.25) is 0 Å². The molecule has 0 aliphatic carbocycles. The zero-order valence-electron chi connectivity index (χ0n) is 14.2. The number of amides is 2. The molecule has 0 radical (unpaired) electrons. The zero-order chi connectivity index (χ0) is 17.2. The lowest BCUT2D eigenvalue weighted by Crippen LogP contribution is -2.48. The number of aromatic nitrogens is 3. The van der Waals surface area contributed by atoms with Crippen molar-refractivity contribution in [2.24, 2.45) is 5.41 Å². The van der Waals surface area contributed by atoms with Crippen LogP contribution in [0.4, 0.5) is 4.79 Å². The van der Waals surface area contributed by atoms with Gasteiger partial charge in [0.05, 0.1) is 19.3 Å². The van der Waals surface area contributed by atoms with Gasteiger partial charge >= 0.3 is 6.03 Å². The van der Waals surface area contributed by atoms with Crippen molar-refractivity contribution in [3.8, 4) is 5.82 Å². The van der Waals surface area contributed by atoms with Gasteiger partial charge in [-0.1, -0.05) is 19.9 Å². The van der Waals surface area contributed by atoms with Crippen molar-refractivity contribution in [1.82, 2.24) is 25.2 Å². The Labute approximate surface area is 141 Å². The van der Waals surface area contributed by atoms with Crippen LogP contribution in [0.3, 0.4) is 0 Å². The van der Waals surface area contributed by atoms with Gasteiger partial charge in [0.1, 0.15) is 11.6 Å². The molecule has 2 N–H and O–H groups in total. The zero-order valence-corrected chi connectivity index (χ0v) is 14.2. The van der Waals surface area contributed by atoms with Gasteiger partial charge in [-0.05, 0) is 13.0 Å². The minimum atomic E-state index is -0.198. The second-order valence-electron chi connectivity index (χ2n) is 6.71. The number of nitrogens with zero attached hydrogens (tertiary/aromatic N) is 3. The molecule has 2 aromatic rings. The number of urea groups is 1. The third kappa shape index (κ3) is 3.41. The van der Waals surface area contributed by atoms with E-state index in [2.05, 4.69) is 34.4 Å². The molecular formula is C17H23N5O2. The third-order valence-electron chi connectivity index (χ3n) is 4.37. The number of ether oxygens (including phenoxy) is 1. The standard InChI is InChI=1S/C17H23N5O2/c1-12-18-7-8-22(12)15-13(5-4-6-19-15)9-20-16(23)21-14-10-24-11-17(14,2)3/h4-8,14H,9-11H2,1-3H3,(H2,20,21,23). The van der Waals surface area contributed by atoms with E-state index in [-0.39, 0.29) is 17.5 Å². The largest absolute Gasteiger partial charge is 0.379 e. The van der Waals surface area contributed by atoms with E-state index in [0.717, 1.165) is 17.2 Å². The molecule has 0 bridgehead atoms. The number of carbonyl (C=O) groups excluding carboxylic acids is 1. The summed E-state index contributed by atoms with van der Waals surface area (Å²) in [5, 5.41) is 5.90. The van der Waals surface area contributed by atoms with Gasteiger partial charge < -0.3 is 15.4 Å². The summed E-state index contributed by atoms with van der Waals surface area (Å²) in [5.74, 6) is 1.63. The highest BCUT2D eigenvalue weighted by molar-refractivity contribution is 5.74. The van der Waals surface area contributed by atoms with Crippen LogP contribution in [-0.2, 0) is 11.3 Å². The Balaban J connectivity index is 1.65. The molecule has 128 valence electrons. The smallest absolute Gasteiger partial charge is 0.315 e. The van der Waals surface area contributed by atoms with Crippen LogP contribution < -0.4 is 10.6 Å². The van der Waals surface area contributed by atoms with Gasteiger partial charge in [0, 0.05) is 36.1 Å². The van der Waals surface area contributed by atoms with Gasteiger partial charge in [-0.25, -0.2) is 14.8 Å². The minimum Gasteiger partial charge on any atom is -0.379 e. The average Bonchev–Trinajstić information content (AvgIpc) is 3.11. The number of hydrogen-bond donors (Lipinski definition) is 2. The van der Waals surface area contributed by atoms with Crippen molar-refractivity contribution in [2.75, 3.05) is 13.2 Å². The predicted octanol–water partition coefficient (Wildman–Crippen LogP) is 1.80. The van der Waals surface area contributed by atoms with Crippen molar-refractivity contribution < 1.29 is 9.53 Å². The number of pyridine rings is 1. The van der Waals surface area contributed by atoms with Crippen LogP contribution in [0.25, 0.3) is 5.82 Å². The van der Waals surface area contributed by atoms with E-state index in [4.69, 9.17) is 4.74 Å². The molecule has 3 heterocycles. The Bertz CT molecular complexity index is 725. The van der Waals surface area contributed by atoms with Gasteiger partial charge in [-0.3, -0.25) is 4.57 Å². The summed E-state index contributed by atoms with van der Waals surface area (Å²) in [6, 6.07) is 3.63. The number of carbonyl (C=O) groups is 1. The summed E-state index contributed by atoms with van der Waals surface area (Å²) in [4.78, 5) is 20.8. The Kier molecular flexibility index (Phi) is 4.53. The number of aryl methyl sites for hydroxylation is 1. The molecule has 1 aliphatic heterocycles. The first-order valence-corrected chi connectivity index (χ1v) is 8.04. The fraction of sp³-hybridized carbons (Fsp3) is 0.471. The van der Waals surface area contributed by atoms with Crippen LogP contribution in [0.15, 0.2) is 30.7 Å². The second-order valence-corrected chi connectivity index (χ2v) is 6.71. The fourth-order valence-electron chi connectivity index (χ4n) is 2.77. The summed E-state index contributed by atoms with van der Waals surface area (Å²) in [6.07, 6.45) is 5.33. The van der Waals surface area contributed by atoms with Crippen molar-refractivity contribution >= 4 is 6.03 Å². The van der Waals surface area contributed by atoms with E-state index in [9.17, 15) is 4.79 Å². The van der Waals surface area contributed by atoms with Crippen molar-refractivity contribution in [1.29, 1.82) is 0 Å². The summed E-state index contributed by atoms with van der Waals surface area (Å²) in [7, 11) is 0. The lowest BCUT2D eigenvalue weighted by Gasteiger charge is -2.25. The van der Waals surface area contributed by atoms with Gasteiger partial charge in [-0.2, -0.15) is 0 Å². The molecule has 1 unspecified atom stereocenters. The highest BCUT2D eigenvalue weighted by Crippen LogP contribution is 2.27. The normalized spacial score (nSPS) is 19.2. The van der Waals surface area contributed by atoms with E-state index in [0.29, 0.717) is 19.8 Å². The average molecular weight is 329 g/mol. The molecule has 1 aliphatic rings. The quantitative estimate of drug-likeness (QED) is 0.896. The first kappa shape index (κ1) is 16.4. The molecule has 3 rings (SSSR count). The van der Waals surface area contributed by atoms with Crippen LogP contribution in [-0.4, -0.2) is 39.8 Å². The van der Waals surface area contributed by atoms with Crippen LogP contribution in [0, 0.1) is 12.3 Å². The molecule has 2 amide bonds. The Morgan fingerprint density at radius 1 is 1.42 bits per heavy atom. The summed E-state index contributed by atoms with van der Waals surface area (Å²) < 4.78 is 7.36. The maximum atomic E-state index is 12.2. The predicted molar refractivity (Wildman–Crippen MR) is 89.9 cm³/mol. The molecule has 1 saturated heterocycles. The van der Waals surface area contributed by atoms with E-state index < -0.39 is 0 Å². The molecule has 1 fully saturated rings. The fourth-order valence-corrected chi connectivity index (χ4v) is 2.77. The molecule has 0 aromatic carbocycles. The molecule has 2 aromatic heterocycles. The highest BCUT2D eigenvalue weighted by Gasteiger charge is 2.36. The lowest BCUT2D eigenvalue weighted by atomic mass is 9.88. The monoisotopic (exact) mass is 329 g/mol. The maximum absolute atomic E-state index is 12.2. The topological polar surface area (TPSA) is 81.1 Å². The van der Waals surface area contributed by atoms with Crippen molar-refractivity contribution in [3.63, 3.8) is 0 Å². The lowest BCUT2D eigenvalue weighted by molar-refractivity contribution is 0.166. The maximum Gasteiger partial charge on any atom is 0.315 e. The summed E-state index contributed by atoms with van der Waals surface area (Å²) in [6.45, 7) is 7.69. The molecule has 1 atom stereocenters. The summed E-state index contributed by atoms with van der Waals surface area (Å²) in [5.41, 5.74) is 0.876. The Morgan fingerprint density at radius 2 is 2.25 bits per heavy atom. The number of nitrogens with one attached hydrogen (secondary N) is 2. The van der Waals surface area contributed by atoms with Crippen LogP contribution in [0.5, 0.6) is 0 Å². The van der Waals surface area contributed by atoms with Gasteiger partial charge in [0.2, 0.25) is 0 Å². The van der Waals surface area contributed by atoms with E-state index in [1.807, 2.05) is 29.8 Å². The van der Waals surface area contributed by atoms with Gasteiger partial charge in [0.25, 0.3) is 0 Å². The van der Waals surface area contributed by atoms with Gasteiger partial charge in [-0.15, -0.1) is 0 Å². The van der Waals surface area contributed by atoms with Crippen molar-refractivity contribution in [2.45, 2.75) is 33.4 Å². The highest BCUT2D eigenvalue weighted by atomic mass is 16.5. The molecule has 7 nitrogen and oxygen atoms in total. The first-order chi connectivity index (χ1) is 11.5. The van der Waals surface area contributed by atoms with Crippen molar-refractivity contribution in [3.05, 3.63) is 42.1 Å². The van der Waals surface area contributed by atoms with E-state index in [1.165, 1.54) is 0 Å². The number of imidazole rings is 1. The van der Waals surface area contributed by atoms with E-state index >= 15 is 0 Å². The molecule has 0 saturated carbocycles. The van der Waals surface area contributed by atoms with Crippen LogP contribution >= 0.6 is 0 Å². The van der Waals surface area contributed by atoms with Crippen LogP contribution in [0.1, 0.15) is 25.2 Å². The number of rotatable bonds is 4. The first-order valence-electron chi connectivity index (χ1n) is 8.04.